The van der Waals surface area contributed by atoms with Crippen LogP contribution in [0.4, 0.5) is 11.5 Å². The summed E-state index contributed by atoms with van der Waals surface area (Å²) in [5, 5.41) is 4.35. The smallest absolute Gasteiger partial charge is 0.238 e. The largest absolute Gasteiger partial charge is 0.395 e. The lowest BCUT2D eigenvalue weighted by molar-refractivity contribution is -2.00. The number of hydrogen-bond donors (Lipinski definition) is 3. The Morgan fingerprint density at radius 3 is 2.19 bits per heavy atom. The number of nitrogens with two attached hydrogens (primary N) is 1. The highest BCUT2D eigenvalue weighted by molar-refractivity contribution is 5.58. The lowest BCUT2D eigenvalue weighted by atomic mass is 10.3. The average Bonchev–Trinajstić information content (AvgIpc) is 2.41. The van der Waals surface area contributed by atoms with E-state index in [0.29, 0.717) is 11.5 Å². The van der Waals surface area contributed by atoms with E-state index in [4.69, 9.17) is 24.4 Å². The van der Waals surface area contributed by atoms with E-state index in [1.54, 1.807) is 17.8 Å². The molecule has 10 heteroatoms. The van der Waals surface area contributed by atoms with Gasteiger partial charge in [-0.15, -0.1) is 10.2 Å². The molecule has 21 heavy (non-hydrogen) atoms. The second kappa shape index (κ2) is 7.69. The Morgan fingerprint density at radius 2 is 1.67 bits per heavy atom. The maximum atomic E-state index is 8.49. The highest BCUT2D eigenvalue weighted by Crippen LogP contribution is 2.10. The van der Waals surface area contributed by atoms with Crippen molar-refractivity contribution in [3.8, 4) is 5.69 Å². The van der Waals surface area contributed by atoms with Crippen LogP contribution in [0.3, 0.4) is 0 Å². The van der Waals surface area contributed by atoms with Gasteiger partial charge in [0.2, 0.25) is 17.7 Å². The number of rotatable bonds is 3. The van der Waals surface area contributed by atoms with Crippen molar-refractivity contribution in [2.24, 2.45) is 0 Å². The van der Waals surface area contributed by atoms with Crippen molar-refractivity contribution in [2.45, 2.75) is 0 Å². The Morgan fingerprint density at radius 1 is 1.10 bits per heavy atom. The second-order valence-electron chi connectivity index (χ2n) is 3.65. The fraction of sp³-hybridized carbons (Fsp3) is 0.0909. The second-order valence-corrected chi connectivity index (χ2v) is 4.41. The first-order valence-corrected chi connectivity index (χ1v) is 6.83. The molecule has 0 saturated heterocycles. The van der Waals surface area contributed by atoms with Gasteiger partial charge in [-0.1, -0.05) is 22.9 Å². The van der Waals surface area contributed by atoms with Crippen LogP contribution in [0.5, 0.6) is 0 Å². The number of nitrogens with zero attached hydrogens (tertiary/aromatic N) is 2. The van der Waals surface area contributed by atoms with Crippen LogP contribution in [0.25, 0.3) is 5.69 Å². The minimum absolute atomic E-state index is 0.599. The number of para-hydroxylation sites is 1. The predicted octanol–water partition coefficient (Wildman–Crippen LogP) is -4.27. The molecule has 0 amide bonds. The Hall–Kier alpha value is -2.01. The van der Waals surface area contributed by atoms with E-state index in [-0.39, 0.29) is 0 Å². The monoisotopic (exact) mass is 315 g/mol. The molecule has 0 aliphatic heterocycles. The van der Waals surface area contributed by atoms with Crippen molar-refractivity contribution < 1.29 is 33.6 Å². The first-order chi connectivity index (χ1) is 9.81. The molecular weight excluding hydrogens is 302 g/mol. The highest BCUT2D eigenvalue weighted by Gasteiger charge is 2.10. The normalized spacial score (nSPS) is 10.5. The fourth-order valence-electron chi connectivity index (χ4n) is 1.37. The third kappa shape index (κ3) is 6.81. The molecule has 1 aromatic carbocycles. The SMILES string of the molecule is CNNc1n[n+](-c2ccccc2)ccc1N.[O-][Cl+3]([O-])([O-])[O-]. The summed E-state index contributed by atoms with van der Waals surface area (Å²) in [4.78, 5) is 0. The number of nitrogens with one attached hydrogen (secondary N) is 2. The number of benzene rings is 1. The summed E-state index contributed by atoms with van der Waals surface area (Å²) in [6.07, 6.45) is 1.82. The summed E-state index contributed by atoms with van der Waals surface area (Å²) in [6, 6.07) is 11.7. The van der Waals surface area contributed by atoms with Crippen LogP contribution in [0.1, 0.15) is 0 Å². The zero-order valence-electron chi connectivity index (χ0n) is 11.0. The standard InChI is InChI=1S/C11H13N5.ClHO4/c1-13-14-11-10(12)7-8-16(15-11)9-5-3-2-4-6-9;2-1(3,4)5/h2-8H,1H3,(H3,12,13,14,15);(H,2,3,4,5). The number of aromatic nitrogens is 2. The first kappa shape index (κ1) is 17.0. The topological polar surface area (TPSA) is 159 Å². The van der Waals surface area contributed by atoms with Gasteiger partial charge in [-0.3, -0.25) is 5.43 Å². The van der Waals surface area contributed by atoms with E-state index >= 15 is 0 Å². The minimum Gasteiger partial charge on any atom is -0.395 e. The van der Waals surface area contributed by atoms with Crippen molar-refractivity contribution >= 4 is 11.5 Å². The van der Waals surface area contributed by atoms with Crippen LogP contribution >= 0.6 is 0 Å². The van der Waals surface area contributed by atoms with Gasteiger partial charge < -0.3 is 5.73 Å². The fourth-order valence-corrected chi connectivity index (χ4v) is 1.37. The van der Waals surface area contributed by atoms with Gasteiger partial charge in [0.25, 0.3) is 0 Å². The van der Waals surface area contributed by atoms with Gasteiger partial charge in [0.1, 0.15) is 0 Å². The van der Waals surface area contributed by atoms with Gasteiger partial charge in [0, 0.05) is 30.3 Å². The van der Waals surface area contributed by atoms with E-state index < -0.39 is 10.2 Å². The molecule has 0 saturated carbocycles. The van der Waals surface area contributed by atoms with E-state index in [9.17, 15) is 0 Å². The summed E-state index contributed by atoms with van der Waals surface area (Å²) < 4.78 is 35.7. The number of halogens is 1. The maximum absolute atomic E-state index is 8.49. The third-order valence-electron chi connectivity index (χ3n) is 2.14. The molecular formula is C11H14ClN5O4. The van der Waals surface area contributed by atoms with Crippen LogP contribution in [-0.4, -0.2) is 12.1 Å². The van der Waals surface area contributed by atoms with Gasteiger partial charge in [-0.05, 0) is 0 Å². The summed E-state index contributed by atoms with van der Waals surface area (Å²) in [5.74, 6) is 0.605. The van der Waals surface area contributed by atoms with Crippen LogP contribution in [0.2, 0.25) is 0 Å². The number of hydrogen-bond acceptors (Lipinski definition) is 8. The quantitative estimate of drug-likeness (QED) is 0.379. The lowest BCUT2D eigenvalue weighted by Crippen LogP contribution is -2.68. The number of nitrogen functional groups attached to an aromatic ring is 1. The molecule has 2 aromatic rings. The Labute approximate surface area is 123 Å². The van der Waals surface area contributed by atoms with Gasteiger partial charge in [0.05, 0.1) is 5.69 Å². The van der Waals surface area contributed by atoms with Crippen molar-refractivity contribution in [1.29, 1.82) is 0 Å². The summed E-state index contributed by atoms with van der Waals surface area (Å²) in [7, 11) is -3.18. The molecule has 0 radical (unpaired) electrons. The molecule has 0 aliphatic rings. The van der Waals surface area contributed by atoms with Gasteiger partial charge in [-0.2, -0.15) is 0 Å². The number of hydrazine groups is 1. The molecule has 0 atom stereocenters. The molecule has 2 rings (SSSR count). The minimum atomic E-state index is -4.94. The molecule has 1 aromatic heterocycles. The van der Waals surface area contributed by atoms with Crippen molar-refractivity contribution in [3.05, 3.63) is 42.6 Å². The average molecular weight is 316 g/mol. The van der Waals surface area contributed by atoms with Gasteiger partial charge in [0.15, 0.2) is 0 Å². The van der Waals surface area contributed by atoms with E-state index in [2.05, 4.69) is 16.0 Å². The Balaban J connectivity index is 0.000000383. The van der Waals surface area contributed by atoms with Gasteiger partial charge in [-0.25, -0.2) is 24.1 Å². The Bertz CT molecular complexity index is 558. The highest BCUT2D eigenvalue weighted by atomic mass is 35.7. The number of anilines is 2. The zero-order valence-corrected chi connectivity index (χ0v) is 11.8. The van der Waals surface area contributed by atoms with Crippen LogP contribution < -0.4 is 39.9 Å². The summed E-state index contributed by atoms with van der Waals surface area (Å²) in [5.41, 5.74) is 13.0. The van der Waals surface area contributed by atoms with Crippen LogP contribution in [0.15, 0.2) is 42.6 Å². The van der Waals surface area contributed by atoms with E-state index in [0.717, 1.165) is 5.69 Å². The van der Waals surface area contributed by atoms with E-state index in [1.807, 2.05) is 36.5 Å². The van der Waals surface area contributed by atoms with E-state index in [1.165, 1.54) is 0 Å². The summed E-state index contributed by atoms with van der Waals surface area (Å²) in [6.45, 7) is 0. The summed E-state index contributed by atoms with van der Waals surface area (Å²) >= 11 is 0. The molecule has 0 unspecified atom stereocenters. The molecule has 0 fully saturated rings. The Kier molecular flexibility index (Phi) is 6.24. The zero-order chi connectivity index (χ0) is 15.9. The molecule has 0 aliphatic carbocycles. The van der Waals surface area contributed by atoms with Gasteiger partial charge >= 0.3 is 0 Å². The van der Waals surface area contributed by atoms with Crippen molar-refractivity contribution in [2.75, 3.05) is 18.2 Å². The molecule has 0 spiro atoms. The van der Waals surface area contributed by atoms with Crippen LogP contribution in [-0.2, 0) is 0 Å². The van der Waals surface area contributed by atoms with Crippen molar-refractivity contribution in [3.63, 3.8) is 0 Å². The molecule has 0 bridgehead atoms. The molecule has 4 N–H and O–H groups in total. The van der Waals surface area contributed by atoms with Crippen LogP contribution in [0, 0.1) is 10.2 Å². The molecule has 114 valence electrons. The predicted molar refractivity (Wildman–Crippen MR) is 62.9 cm³/mol. The third-order valence-corrected chi connectivity index (χ3v) is 2.14. The molecule has 1 heterocycles. The molecule has 9 nitrogen and oxygen atoms in total. The van der Waals surface area contributed by atoms with Crippen molar-refractivity contribution in [1.82, 2.24) is 10.5 Å². The lowest BCUT2D eigenvalue weighted by Gasteiger charge is -2.17. The maximum Gasteiger partial charge on any atom is 0.238 e. The first-order valence-electron chi connectivity index (χ1n) is 5.59.